The Bertz CT molecular complexity index is 1570. The molecular weight excluding hydrogens is 464 g/mol. The highest BCUT2D eigenvalue weighted by atomic mass is 16.5. The molecule has 0 radical (unpaired) electrons. The Morgan fingerprint density at radius 1 is 1.19 bits per heavy atom. The van der Waals surface area contributed by atoms with Gasteiger partial charge in [-0.1, -0.05) is 18.2 Å². The fraction of sp³-hybridized carbons (Fsp3) is 0.345. The summed E-state index contributed by atoms with van der Waals surface area (Å²) in [5, 5.41) is 11.0. The fourth-order valence-electron chi connectivity index (χ4n) is 6.14. The molecule has 2 aliphatic heterocycles. The highest BCUT2D eigenvalue weighted by Crippen LogP contribution is 2.58. The Hall–Kier alpha value is -3.75. The number of carbonyl (C=O) groups excluding carboxylic acids is 1. The monoisotopic (exact) mass is 494 g/mol. The van der Waals surface area contributed by atoms with Crippen molar-refractivity contribution >= 4 is 22.9 Å². The van der Waals surface area contributed by atoms with Crippen LogP contribution in [0.25, 0.3) is 16.6 Å². The van der Waals surface area contributed by atoms with E-state index < -0.39 is 0 Å². The van der Waals surface area contributed by atoms with Gasteiger partial charge in [-0.2, -0.15) is 5.10 Å². The van der Waals surface area contributed by atoms with Gasteiger partial charge in [0.2, 0.25) is 0 Å². The molecule has 2 atom stereocenters. The van der Waals surface area contributed by atoms with E-state index >= 15 is 0 Å². The number of aromatic nitrogens is 3. The summed E-state index contributed by atoms with van der Waals surface area (Å²) in [5.74, 6) is 0.675. The number of pyridine rings is 2. The van der Waals surface area contributed by atoms with E-state index in [1.165, 1.54) is 5.56 Å². The molecule has 4 aromatic rings. The number of amides is 1. The van der Waals surface area contributed by atoms with E-state index in [2.05, 4.69) is 65.9 Å². The molecule has 7 rings (SSSR count). The van der Waals surface area contributed by atoms with Crippen LogP contribution < -0.4 is 10.6 Å². The van der Waals surface area contributed by atoms with Crippen LogP contribution in [-0.2, 0) is 23.2 Å². The lowest BCUT2D eigenvalue weighted by molar-refractivity contribution is 0.0966. The summed E-state index contributed by atoms with van der Waals surface area (Å²) in [6.45, 7) is 4.12. The van der Waals surface area contributed by atoms with Crippen LogP contribution in [0.1, 0.15) is 45.6 Å². The average molecular weight is 495 g/mol. The quantitative estimate of drug-likeness (QED) is 0.418. The minimum Gasteiger partial charge on any atom is -0.377 e. The number of hydrogen-bond donors (Lipinski definition) is 2. The van der Waals surface area contributed by atoms with Gasteiger partial charge in [-0.25, -0.2) is 9.50 Å². The molecule has 0 spiro atoms. The molecule has 1 saturated carbocycles. The molecule has 1 saturated heterocycles. The Morgan fingerprint density at radius 3 is 2.86 bits per heavy atom. The lowest BCUT2D eigenvalue weighted by Crippen LogP contribution is -2.19. The van der Waals surface area contributed by atoms with Crippen LogP contribution in [-0.4, -0.2) is 52.2 Å². The van der Waals surface area contributed by atoms with Gasteiger partial charge in [0, 0.05) is 36.9 Å². The number of nitrogens with one attached hydrogen (secondary N) is 2. The van der Waals surface area contributed by atoms with Crippen molar-refractivity contribution < 1.29 is 9.53 Å². The summed E-state index contributed by atoms with van der Waals surface area (Å²) in [6, 6.07) is 12.5. The second-order valence-corrected chi connectivity index (χ2v) is 10.8. The first kappa shape index (κ1) is 22.4. The topological polar surface area (TPSA) is 83.8 Å². The number of aryl methyl sites for hydroxylation is 1. The maximum Gasteiger partial charge on any atom is 0.254 e. The molecule has 37 heavy (non-hydrogen) atoms. The van der Waals surface area contributed by atoms with E-state index in [1.807, 2.05) is 29.0 Å². The van der Waals surface area contributed by atoms with Crippen molar-refractivity contribution in [1.29, 1.82) is 0 Å². The number of fused-ring (bicyclic) bond motifs is 3. The first-order valence-electron chi connectivity index (χ1n) is 12.9. The van der Waals surface area contributed by atoms with Crippen LogP contribution in [0.5, 0.6) is 0 Å². The maximum atomic E-state index is 13.0. The van der Waals surface area contributed by atoms with E-state index in [9.17, 15) is 4.79 Å². The fourth-order valence-corrected chi connectivity index (χ4v) is 6.14. The minimum absolute atomic E-state index is 0.0698. The molecule has 1 unspecified atom stereocenters. The van der Waals surface area contributed by atoms with Gasteiger partial charge in [0.25, 0.3) is 5.91 Å². The van der Waals surface area contributed by atoms with Gasteiger partial charge in [0.05, 0.1) is 34.8 Å². The first-order chi connectivity index (χ1) is 17.9. The molecule has 8 heteroatoms. The van der Waals surface area contributed by atoms with Gasteiger partial charge in [-0.05, 0) is 74.3 Å². The Labute approximate surface area is 215 Å². The molecule has 3 aliphatic rings. The Morgan fingerprint density at radius 2 is 2.08 bits per heavy atom. The molecule has 8 nitrogen and oxygen atoms in total. The van der Waals surface area contributed by atoms with Crippen LogP contribution in [0.2, 0.25) is 0 Å². The van der Waals surface area contributed by atoms with Gasteiger partial charge in [0.15, 0.2) is 0 Å². The van der Waals surface area contributed by atoms with E-state index in [1.54, 1.807) is 0 Å². The summed E-state index contributed by atoms with van der Waals surface area (Å²) >= 11 is 0. The van der Waals surface area contributed by atoms with E-state index in [4.69, 9.17) is 9.72 Å². The zero-order valence-electron chi connectivity index (χ0n) is 21.3. The number of anilines is 2. The van der Waals surface area contributed by atoms with Gasteiger partial charge in [-0.3, -0.25) is 4.79 Å². The zero-order chi connectivity index (χ0) is 25.3. The number of hydrogen-bond acceptors (Lipinski definition) is 6. The smallest absolute Gasteiger partial charge is 0.254 e. The number of ether oxygens (including phenoxy) is 1. The van der Waals surface area contributed by atoms with E-state index in [0.29, 0.717) is 18.2 Å². The Balaban J connectivity index is 1.27. The molecule has 188 valence electrons. The van der Waals surface area contributed by atoms with Crippen molar-refractivity contribution in [3.05, 3.63) is 76.7 Å². The SMILES string of the molecule is Cc1ccc2c(-c3ccc(Nc4ccc([C@]56CCOC5C6)c(CN(C)C)n4)c4c3CNC4=O)cnn2c1. The van der Waals surface area contributed by atoms with Crippen LogP contribution in [0.15, 0.2) is 48.8 Å². The number of nitrogens with zero attached hydrogens (tertiary/aromatic N) is 4. The van der Waals surface area contributed by atoms with Gasteiger partial charge >= 0.3 is 0 Å². The number of benzene rings is 1. The van der Waals surface area contributed by atoms with Crippen LogP contribution in [0, 0.1) is 6.92 Å². The first-order valence-corrected chi connectivity index (χ1v) is 12.9. The van der Waals surface area contributed by atoms with E-state index in [0.717, 1.165) is 71.0 Å². The van der Waals surface area contributed by atoms with Crippen molar-refractivity contribution in [3.63, 3.8) is 0 Å². The molecular formula is C29H30N6O2. The highest BCUT2D eigenvalue weighted by molar-refractivity contribution is 6.06. The summed E-state index contributed by atoms with van der Waals surface area (Å²) < 4.78 is 7.79. The highest BCUT2D eigenvalue weighted by Gasteiger charge is 2.60. The van der Waals surface area contributed by atoms with Crippen molar-refractivity contribution in [2.24, 2.45) is 0 Å². The van der Waals surface area contributed by atoms with Crippen molar-refractivity contribution in [2.45, 2.75) is 44.4 Å². The predicted octanol–water partition coefficient (Wildman–Crippen LogP) is 4.18. The summed E-state index contributed by atoms with van der Waals surface area (Å²) in [4.78, 5) is 20.2. The van der Waals surface area contributed by atoms with Crippen molar-refractivity contribution in [2.75, 3.05) is 26.0 Å². The Kier molecular flexibility index (Phi) is 4.93. The maximum absolute atomic E-state index is 13.0. The zero-order valence-corrected chi connectivity index (χ0v) is 21.3. The van der Waals surface area contributed by atoms with Gasteiger partial charge in [0.1, 0.15) is 5.82 Å². The molecule has 5 heterocycles. The third-order valence-corrected chi connectivity index (χ3v) is 8.03. The lowest BCUT2D eigenvalue weighted by Gasteiger charge is -2.20. The van der Waals surface area contributed by atoms with Gasteiger partial charge in [-0.15, -0.1) is 0 Å². The van der Waals surface area contributed by atoms with Crippen LogP contribution >= 0.6 is 0 Å². The normalized spacial score (nSPS) is 21.8. The molecule has 2 fully saturated rings. The average Bonchev–Trinajstić information content (AvgIpc) is 3.20. The molecule has 1 amide bonds. The van der Waals surface area contributed by atoms with Gasteiger partial charge < -0.3 is 20.3 Å². The minimum atomic E-state index is -0.0698. The molecule has 3 aromatic heterocycles. The molecule has 0 bridgehead atoms. The standard InChI is InChI=1S/C29H30N6O2/c1-17-4-8-24-19(14-31-35(24)15-17)18-5-7-22(27-20(18)13-30-28(27)36)32-26-9-6-21(23(33-26)16-34(2)3)29-10-11-37-25(29)12-29/h4-9,14-15,25H,10-13,16H2,1-3H3,(H,30,36)(H,32,33)/t25?,29-/m1/s1. The second-order valence-electron chi connectivity index (χ2n) is 10.8. The van der Waals surface area contributed by atoms with E-state index in [-0.39, 0.29) is 11.3 Å². The van der Waals surface area contributed by atoms with Crippen LogP contribution in [0.4, 0.5) is 11.5 Å². The summed E-state index contributed by atoms with van der Waals surface area (Å²) in [5.41, 5.74) is 9.14. The van der Waals surface area contributed by atoms with Crippen molar-refractivity contribution in [1.82, 2.24) is 24.8 Å². The number of rotatable bonds is 6. The van der Waals surface area contributed by atoms with Crippen molar-refractivity contribution in [3.8, 4) is 11.1 Å². The largest absolute Gasteiger partial charge is 0.377 e. The third kappa shape index (κ3) is 3.54. The predicted molar refractivity (Wildman–Crippen MR) is 142 cm³/mol. The third-order valence-electron chi connectivity index (χ3n) is 8.03. The lowest BCUT2D eigenvalue weighted by atomic mass is 9.91. The molecule has 1 aromatic carbocycles. The molecule has 1 aliphatic carbocycles. The summed E-state index contributed by atoms with van der Waals surface area (Å²) in [7, 11) is 4.13. The second kappa shape index (κ2) is 8.13. The molecule has 2 N–H and O–H groups in total. The summed E-state index contributed by atoms with van der Waals surface area (Å²) in [6.07, 6.45) is 6.37. The number of carbonyl (C=O) groups is 1. The van der Waals surface area contributed by atoms with Crippen LogP contribution in [0.3, 0.4) is 0 Å².